The lowest BCUT2D eigenvalue weighted by molar-refractivity contribution is -0.141. The van der Waals surface area contributed by atoms with Crippen molar-refractivity contribution in [2.75, 3.05) is 13.7 Å². The SMILES string of the molecule is COc1ccc(C[C@H]2CCOC2=O)cc1. The van der Waals surface area contributed by atoms with Crippen LogP contribution in [0.15, 0.2) is 24.3 Å². The Kier molecular flexibility index (Phi) is 2.90. The summed E-state index contributed by atoms with van der Waals surface area (Å²) < 4.78 is 9.99. The number of ether oxygens (including phenoxy) is 2. The Bertz CT molecular complexity index is 342. The molecule has 0 aliphatic carbocycles. The third kappa shape index (κ3) is 2.29. The molecule has 0 bridgehead atoms. The Morgan fingerprint density at radius 2 is 2.13 bits per heavy atom. The number of hydrogen-bond donors (Lipinski definition) is 0. The predicted octanol–water partition coefficient (Wildman–Crippen LogP) is 1.80. The van der Waals surface area contributed by atoms with Crippen LogP contribution in [0.5, 0.6) is 5.75 Å². The van der Waals surface area contributed by atoms with Gasteiger partial charge in [0.15, 0.2) is 0 Å². The smallest absolute Gasteiger partial charge is 0.309 e. The standard InChI is InChI=1S/C12H14O3/c1-14-11-4-2-9(3-5-11)8-10-6-7-15-12(10)13/h2-5,10H,6-8H2,1H3/t10-/m1/s1. The van der Waals surface area contributed by atoms with E-state index in [4.69, 9.17) is 9.47 Å². The van der Waals surface area contributed by atoms with Gasteiger partial charge in [-0.2, -0.15) is 0 Å². The average Bonchev–Trinajstić information content (AvgIpc) is 2.66. The number of hydrogen-bond acceptors (Lipinski definition) is 3. The lowest BCUT2D eigenvalue weighted by Gasteiger charge is -2.06. The van der Waals surface area contributed by atoms with Crippen LogP contribution in [0, 0.1) is 5.92 Å². The van der Waals surface area contributed by atoms with Crippen LogP contribution in [0.25, 0.3) is 0 Å². The molecule has 3 heteroatoms. The molecule has 1 aliphatic rings. The Balaban J connectivity index is 2.01. The van der Waals surface area contributed by atoms with Gasteiger partial charge in [-0.1, -0.05) is 12.1 Å². The Labute approximate surface area is 89.0 Å². The van der Waals surface area contributed by atoms with E-state index < -0.39 is 0 Å². The van der Waals surface area contributed by atoms with Gasteiger partial charge >= 0.3 is 5.97 Å². The molecule has 3 nitrogen and oxygen atoms in total. The van der Waals surface area contributed by atoms with Crippen molar-refractivity contribution in [3.8, 4) is 5.75 Å². The van der Waals surface area contributed by atoms with E-state index in [2.05, 4.69) is 0 Å². The molecule has 1 heterocycles. The molecule has 0 unspecified atom stereocenters. The van der Waals surface area contributed by atoms with Crippen LogP contribution in [-0.2, 0) is 16.0 Å². The summed E-state index contributed by atoms with van der Waals surface area (Å²) in [5, 5.41) is 0. The van der Waals surface area contributed by atoms with Crippen molar-refractivity contribution in [3.05, 3.63) is 29.8 Å². The largest absolute Gasteiger partial charge is 0.497 e. The molecular weight excluding hydrogens is 192 g/mol. The van der Waals surface area contributed by atoms with Crippen LogP contribution in [0.2, 0.25) is 0 Å². The minimum absolute atomic E-state index is 0.0402. The van der Waals surface area contributed by atoms with Gasteiger partial charge in [0.1, 0.15) is 5.75 Å². The van der Waals surface area contributed by atoms with Crippen LogP contribution < -0.4 is 4.74 Å². The fourth-order valence-corrected chi connectivity index (χ4v) is 1.77. The summed E-state index contributed by atoms with van der Waals surface area (Å²) >= 11 is 0. The van der Waals surface area contributed by atoms with Gasteiger partial charge in [0.05, 0.1) is 19.6 Å². The zero-order valence-corrected chi connectivity index (χ0v) is 8.73. The second-order valence-electron chi connectivity index (χ2n) is 3.71. The maximum absolute atomic E-state index is 11.3. The van der Waals surface area contributed by atoms with Gasteiger partial charge in [0, 0.05) is 0 Å². The Morgan fingerprint density at radius 3 is 2.67 bits per heavy atom. The zero-order valence-electron chi connectivity index (χ0n) is 8.73. The molecule has 15 heavy (non-hydrogen) atoms. The maximum atomic E-state index is 11.3. The third-order valence-corrected chi connectivity index (χ3v) is 2.69. The van der Waals surface area contributed by atoms with Crippen molar-refractivity contribution >= 4 is 5.97 Å². The number of rotatable bonds is 3. The summed E-state index contributed by atoms with van der Waals surface area (Å²) in [5.41, 5.74) is 1.15. The van der Waals surface area contributed by atoms with E-state index in [-0.39, 0.29) is 11.9 Å². The first-order chi connectivity index (χ1) is 7.29. The lowest BCUT2D eigenvalue weighted by atomic mass is 9.98. The van der Waals surface area contributed by atoms with E-state index in [1.807, 2.05) is 24.3 Å². The van der Waals surface area contributed by atoms with Gasteiger partial charge in [0.25, 0.3) is 0 Å². The second kappa shape index (κ2) is 4.34. The zero-order chi connectivity index (χ0) is 10.7. The molecule has 2 rings (SSSR count). The first-order valence-corrected chi connectivity index (χ1v) is 5.09. The average molecular weight is 206 g/mol. The van der Waals surface area contributed by atoms with Crippen LogP contribution in [0.3, 0.4) is 0 Å². The van der Waals surface area contributed by atoms with Gasteiger partial charge in [-0.05, 0) is 30.5 Å². The molecule has 1 fully saturated rings. The molecule has 0 aromatic heterocycles. The molecule has 0 spiro atoms. The summed E-state index contributed by atoms with van der Waals surface area (Å²) in [7, 11) is 1.64. The Morgan fingerprint density at radius 1 is 1.40 bits per heavy atom. The second-order valence-corrected chi connectivity index (χ2v) is 3.71. The maximum Gasteiger partial charge on any atom is 0.309 e. The number of cyclic esters (lactones) is 1. The van der Waals surface area contributed by atoms with Crippen LogP contribution in [0.1, 0.15) is 12.0 Å². The van der Waals surface area contributed by atoms with Crippen molar-refractivity contribution in [2.24, 2.45) is 5.92 Å². The number of methoxy groups -OCH3 is 1. The van der Waals surface area contributed by atoms with E-state index in [0.717, 1.165) is 24.2 Å². The van der Waals surface area contributed by atoms with E-state index in [0.29, 0.717) is 6.61 Å². The van der Waals surface area contributed by atoms with Crippen LogP contribution >= 0.6 is 0 Å². The molecule has 0 N–H and O–H groups in total. The fourth-order valence-electron chi connectivity index (χ4n) is 1.77. The molecule has 80 valence electrons. The van der Waals surface area contributed by atoms with E-state index >= 15 is 0 Å². The predicted molar refractivity (Wildman–Crippen MR) is 55.8 cm³/mol. The number of carbonyl (C=O) groups is 1. The van der Waals surface area contributed by atoms with E-state index in [1.54, 1.807) is 7.11 Å². The molecule has 0 amide bonds. The van der Waals surface area contributed by atoms with Gasteiger partial charge in [-0.15, -0.1) is 0 Å². The molecule has 1 aliphatic heterocycles. The highest BCUT2D eigenvalue weighted by atomic mass is 16.5. The topological polar surface area (TPSA) is 35.5 Å². The molecule has 1 aromatic carbocycles. The highest BCUT2D eigenvalue weighted by Crippen LogP contribution is 2.21. The van der Waals surface area contributed by atoms with Crippen LogP contribution in [-0.4, -0.2) is 19.7 Å². The quantitative estimate of drug-likeness (QED) is 0.707. The molecule has 1 aromatic rings. The first-order valence-electron chi connectivity index (χ1n) is 5.09. The van der Waals surface area contributed by atoms with Crippen molar-refractivity contribution in [3.63, 3.8) is 0 Å². The number of benzene rings is 1. The first kappa shape index (κ1) is 10.0. The van der Waals surface area contributed by atoms with Crippen LogP contribution in [0.4, 0.5) is 0 Å². The van der Waals surface area contributed by atoms with Crippen molar-refractivity contribution in [1.82, 2.24) is 0 Å². The van der Waals surface area contributed by atoms with Crippen molar-refractivity contribution < 1.29 is 14.3 Å². The summed E-state index contributed by atoms with van der Waals surface area (Å²) in [6.45, 7) is 0.569. The molecule has 1 saturated heterocycles. The van der Waals surface area contributed by atoms with E-state index in [1.165, 1.54) is 0 Å². The Hall–Kier alpha value is -1.51. The molecule has 0 radical (unpaired) electrons. The van der Waals surface area contributed by atoms with E-state index in [9.17, 15) is 4.79 Å². The minimum Gasteiger partial charge on any atom is -0.497 e. The summed E-state index contributed by atoms with van der Waals surface area (Å²) in [6.07, 6.45) is 1.60. The normalized spacial score (nSPS) is 20.1. The molecule has 1 atom stereocenters. The fraction of sp³-hybridized carbons (Fsp3) is 0.417. The van der Waals surface area contributed by atoms with Gasteiger partial charge in [0.2, 0.25) is 0 Å². The lowest BCUT2D eigenvalue weighted by Crippen LogP contribution is -2.10. The highest BCUT2D eigenvalue weighted by Gasteiger charge is 2.26. The van der Waals surface area contributed by atoms with Gasteiger partial charge < -0.3 is 9.47 Å². The molecule has 0 saturated carbocycles. The number of esters is 1. The van der Waals surface area contributed by atoms with Gasteiger partial charge in [-0.3, -0.25) is 4.79 Å². The molecular formula is C12H14O3. The third-order valence-electron chi connectivity index (χ3n) is 2.69. The van der Waals surface area contributed by atoms with Crippen molar-refractivity contribution in [2.45, 2.75) is 12.8 Å². The van der Waals surface area contributed by atoms with Crippen molar-refractivity contribution in [1.29, 1.82) is 0 Å². The minimum atomic E-state index is -0.0641. The monoisotopic (exact) mass is 206 g/mol. The summed E-state index contributed by atoms with van der Waals surface area (Å²) in [6, 6.07) is 7.81. The highest BCUT2D eigenvalue weighted by molar-refractivity contribution is 5.74. The number of carbonyl (C=O) groups excluding carboxylic acids is 1. The van der Waals surface area contributed by atoms with Gasteiger partial charge in [-0.25, -0.2) is 0 Å². The summed E-state index contributed by atoms with van der Waals surface area (Å²) in [5.74, 6) is 0.817. The summed E-state index contributed by atoms with van der Waals surface area (Å²) in [4.78, 5) is 11.3.